The maximum absolute atomic E-state index is 13.3. The third-order valence-electron chi connectivity index (χ3n) is 4.30. The molecule has 1 aliphatic rings. The molecule has 2 N–H and O–H groups in total. The second kappa shape index (κ2) is 8.44. The summed E-state index contributed by atoms with van der Waals surface area (Å²) in [5, 5.41) is 0. The molecule has 1 aliphatic heterocycles. The third kappa shape index (κ3) is 4.70. The Balaban J connectivity index is 1.60. The summed E-state index contributed by atoms with van der Waals surface area (Å²) in [7, 11) is 0. The average molecular weight is 409 g/mol. The Labute approximate surface area is 162 Å². The zero-order chi connectivity index (χ0) is 20.3. The molecule has 2 aromatic rings. The SMILES string of the molecule is O=C(c1ccc(NS(=O)O)cc1)N1CCN(C(=O)c2cc(F)cc(F)c2)CC1. The molecule has 0 aliphatic carbocycles. The number of carbonyl (C=O) groups is 2. The number of hydrogen-bond donors (Lipinski definition) is 2. The van der Waals surface area contributed by atoms with E-state index in [2.05, 4.69) is 4.72 Å². The lowest BCUT2D eigenvalue weighted by atomic mass is 10.1. The molecule has 2 amide bonds. The first-order valence-electron chi connectivity index (χ1n) is 8.36. The Morgan fingerprint density at radius 1 is 0.857 bits per heavy atom. The van der Waals surface area contributed by atoms with Crippen molar-refractivity contribution in [3.8, 4) is 0 Å². The van der Waals surface area contributed by atoms with E-state index < -0.39 is 28.8 Å². The molecule has 148 valence electrons. The van der Waals surface area contributed by atoms with Crippen LogP contribution in [0.3, 0.4) is 0 Å². The van der Waals surface area contributed by atoms with Gasteiger partial charge in [0.15, 0.2) is 0 Å². The van der Waals surface area contributed by atoms with Crippen molar-refractivity contribution >= 4 is 28.8 Å². The molecule has 2 aromatic carbocycles. The fourth-order valence-corrected chi connectivity index (χ4v) is 3.27. The largest absolute Gasteiger partial charge is 0.335 e. The van der Waals surface area contributed by atoms with Gasteiger partial charge in [0.2, 0.25) is 0 Å². The number of piperazine rings is 1. The first kappa shape index (κ1) is 19.9. The van der Waals surface area contributed by atoms with Crippen molar-refractivity contribution in [2.45, 2.75) is 0 Å². The van der Waals surface area contributed by atoms with Gasteiger partial charge in [0, 0.05) is 49.1 Å². The number of nitrogens with one attached hydrogen (secondary N) is 1. The van der Waals surface area contributed by atoms with Crippen LogP contribution in [0.5, 0.6) is 0 Å². The number of rotatable bonds is 4. The molecule has 0 saturated carbocycles. The maximum Gasteiger partial charge on any atom is 0.259 e. The molecule has 0 aromatic heterocycles. The van der Waals surface area contributed by atoms with Gasteiger partial charge in [0.25, 0.3) is 23.1 Å². The summed E-state index contributed by atoms with van der Waals surface area (Å²) in [4.78, 5) is 28.0. The molecule has 1 atom stereocenters. The second-order valence-corrected chi connectivity index (χ2v) is 6.87. The minimum Gasteiger partial charge on any atom is -0.335 e. The lowest BCUT2D eigenvalue weighted by molar-refractivity contribution is 0.0535. The van der Waals surface area contributed by atoms with E-state index in [-0.39, 0.29) is 37.6 Å². The molecule has 1 fully saturated rings. The molecule has 0 spiro atoms. The van der Waals surface area contributed by atoms with Gasteiger partial charge in [0.05, 0.1) is 0 Å². The van der Waals surface area contributed by atoms with E-state index in [9.17, 15) is 22.6 Å². The summed E-state index contributed by atoms with van der Waals surface area (Å²) >= 11 is -2.20. The first-order chi connectivity index (χ1) is 13.3. The smallest absolute Gasteiger partial charge is 0.259 e. The van der Waals surface area contributed by atoms with Gasteiger partial charge < -0.3 is 9.80 Å². The van der Waals surface area contributed by atoms with Crippen molar-refractivity contribution in [1.29, 1.82) is 0 Å². The van der Waals surface area contributed by atoms with Gasteiger partial charge in [-0.2, -0.15) is 0 Å². The van der Waals surface area contributed by atoms with Crippen molar-refractivity contribution in [1.82, 2.24) is 9.80 Å². The molecule has 1 unspecified atom stereocenters. The molecule has 1 heterocycles. The number of amides is 2. The van der Waals surface area contributed by atoms with Crippen molar-refractivity contribution in [2.75, 3.05) is 30.9 Å². The van der Waals surface area contributed by atoms with Crippen LogP contribution in [0.2, 0.25) is 0 Å². The summed E-state index contributed by atoms with van der Waals surface area (Å²) in [6.07, 6.45) is 0. The molecular weight excluding hydrogens is 392 g/mol. The van der Waals surface area contributed by atoms with Crippen LogP contribution in [-0.2, 0) is 11.3 Å². The van der Waals surface area contributed by atoms with Crippen molar-refractivity contribution in [2.24, 2.45) is 0 Å². The van der Waals surface area contributed by atoms with Crippen molar-refractivity contribution in [3.05, 3.63) is 65.2 Å². The summed E-state index contributed by atoms with van der Waals surface area (Å²) in [6.45, 7) is 1.05. The van der Waals surface area contributed by atoms with Gasteiger partial charge in [-0.1, -0.05) is 0 Å². The number of nitrogens with zero attached hydrogens (tertiary/aromatic N) is 2. The highest BCUT2D eigenvalue weighted by Gasteiger charge is 2.26. The third-order valence-corrected chi connectivity index (χ3v) is 4.71. The lowest BCUT2D eigenvalue weighted by Gasteiger charge is -2.35. The van der Waals surface area contributed by atoms with E-state index in [1.54, 1.807) is 4.90 Å². The van der Waals surface area contributed by atoms with Gasteiger partial charge in [-0.25, -0.2) is 13.0 Å². The van der Waals surface area contributed by atoms with Crippen LogP contribution >= 0.6 is 0 Å². The maximum atomic E-state index is 13.3. The van der Waals surface area contributed by atoms with E-state index in [1.165, 1.54) is 29.2 Å². The fraction of sp³-hybridized carbons (Fsp3) is 0.222. The van der Waals surface area contributed by atoms with Crippen LogP contribution in [0.1, 0.15) is 20.7 Å². The van der Waals surface area contributed by atoms with Crippen LogP contribution < -0.4 is 4.72 Å². The van der Waals surface area contributed by atoms with Gasteiger partial charge in [-0.3, -0.25) is 18.9 Å². The Morgan fingerprint density at radius 2 is 1.32 bits per heavy atom. The van der Waals surface area contributed by atoms with E-state index >= 15 is 0 Å². The highest BCUT2D eigenvalue weighted by atomic mass is 32.2. The van der Waals surface area contributed by atoms with Crippen LogP contribution in [0, 0.1) is 11.6 Å². The molecule has 3 rings (SSSR count). The molecule has 28 heavy (non-hydrogen) atoms. The van der Waals surface area contributed by atoms with E-state index in [1.807, 2.05) is 0 Å². The van der Waals surface area contributed by atoms with E-state index in [0.717, 1.165) is 12.1 Å². The minimum atomic E-state index is -2.20. The lowest BCUT2D eigenvalue weighted by Crippen LogP contribution is -2.50. The predicted molar refractivity (Wildman–Crippen MR) is 99.0 cm³/mol. The number of halogens is 2. The van der Waals surface area contributed by atoms with Crippen LogP contribution in [-0.4, -0.2) is 56.6 Å². The van der Waals surface area contributed by atoms with Gasteiger partial charge in [-0.15, -0.1) is 0 Å². The molecule has 0 radical (unpaired) electrons. The topological polar surface area (TPSA) is 89.9 Å². The zero-order valence-corrected chi connectivity index (χ0v) is 15.4. The Morgan fingerprint density at radius 3 is 1.79 bits per heavy atom. The van der Waals surface area contributed by atoms with E-state index in [0.29, 0.717) is 17.3 Å². The fourth-order valence-electron chi connectivity index (χ4n) is 2.94. The number of benzene rings is 2. The minimum absolute atomic E-state index is 0.0679. The first-order valence-corrected chi connectivity index (χ1v) is 9.46. The summed E-state index contributed by atoms with van der Waals surface area (Å²) in [5.74, 6) is -2.36. The average Bonchev–Trinajstić information content (AvgIpc) is 2.66. The monoisotopic (exact) mass is 409 g/mol. The summed E-state index contributed by atoms with van der Waals surface area (Å²) in [6, 6.07) is 8.76. The van der Waals surface area contributed by atoms with Crippen LogP contribution in [0.15, 0.2) is 42.5 Å². The number of anilines is 1. The highest BCUT2D eigenvalue weighted by Crippen LogP contribution is 2.16. The van der Waals surface area contributed by atoms with Crippen LogP contribution in [0.4, 0.5) is 14.5 Å². The normalized spacial score (nSPS) is 15.2. The number of hydrogen-bond acceptors (Lipinski definition) is 3. The highest BCUT2D eigenvalue weighted by molar-refractivity contribution is 7.80. The van der Waals surface area contributed by atoms with Gasteiger partial charge in [-0.05, 0) is 36.4 Å². The van der Waals surface area contributed by atoms with Crippen molar-refractivity contribution < 1.29 is 27.1 Å². The molecule has 1 saturated heterocycles. The summed E-state index contributed by atoms with van der Waals surface area (Å²) in [5.41, 5.74) is 0.734. The zero-order valence-electron chi connectivity index (χ0n) is 14.6. The molecule has 10 heteroatoms. The second-order valence-electron chi connectivity index (χ2n) is 6.17. The Hall–Kier alpha value is -2.85. The van der Waals surface area contributed by atoms with Gasteiger partial charge in [0.1, 0.15) is 11.6 Å². The Kier molecular flexibility index (Phi) is 6.00. The van der Waals surface area contributed by atoms with E-state index in [4.69, 9.17) is 4.55 Å². The van der Waals surface area contributed by atoms with Crippen LogP contribution in [0.25, 0.3) is 0 Å². The molecule has 0 bridgehead atoms. The predicted octanol–water partition coefficient (Wildman–Crippen LogP) is 2.11. The molecule has 7 nitrogen and oxygen atoms in total. The van der Waals surface area contributed by atoms with Crippen molar-refractivity contribution in [3.63, 3.8) is 0 Å². The molecular formula is C18H17F2N3O4S. The van der Waals surface area contributed by atoms with Gasteiger partial charge >= 0.3 is 0 Å². The summed E-state index contributed by atoms with van der Waals surface area (Å²) < 4.78 is 48.4. The number of carbonyl (C=O) groups excluding carboxylic acids is 2. The Bertz CT molecular complexity index is 895. The quantitative estimate of drug-likeness (QED) is 0.757. The standard InChI is InChI=1S/C18H17F2N3O4S/c19-14-9-13(10-15(20)11-14)18(25)23-7-5-22(6-8-23)17(24)12-1-3-16(4-2-12)21-28(26)27/h1-4,9-11,21H,5-8H2,(H,26,27).